The van der Waals surface area contributed by atoms with E-state index in [0.717, 1.165) is 15.5 Å². The van der Waals surface area contributed by atoms with Crippen LogP contribution in [-0.4, -0.2) is 13.2 Å². The number of hydrogen-bond acceptors (Lipinski definition) is 6. The Morgan fingerprint density at radius 2 is 1.88 bits per heavy atom. The Kier molecular flexibility index (Phi) is 5.85. The summed E-state index contributed by atoms with van der Waals surface area (Å²) in [6.07, 6.45) is 1.80. The zero-order chi connectivity index (χ0) is 17.0. The first-order valence-electron chi connectivity index (χ1n) is 7.83. The molecular formula is C17H20NO3PS2. The molecular weight excluding hydrogens is 361 g/mol. The van der Waals surface area contributed by atoms with Crippen molar-refractivity contribution in [3.63, 3.8) is 0 Å². The summed E-state index contributed by atoms with van der Waals surface area (Å²) in [7, 11) is -3.36. The van der Waals surface area contributed by atoms with Crippen LogP contribution in [0.5, 0.6) is 0 Å². The average molecular weight is 381 g/mol. The number of hydrogen-bond donors (Lipinski definition) is 1. The van der Waals surface area contributed by atoms with Gasteiger partial charge in [0, 0.05) is 16.0 Å². The van der Waals surface area contributed by atoms with Crippen molar-refractivity contribution in [1.82, 2.24) is 0 Å². The van der Waals surface area contributed by atoms with Gasteiger partial charge in [-0.3, -0.25) is 4.57 Å². The third-order valence-electron chi connectivity index (χ3n) is 3.49. The van der Waals surface area contributed by atoms with Gasteiger partial charge in [0.25, 0.3) is 0 Å². The lowest BCUT2D eigenvalue weighted by Gasteiger charge is -2.24. The lowest BCUT2D eigenvalue weighted by Crippen LogP contribution is -2.05. The van der Waals surface area contributed by atoms with Gasteiger partial charge in [-0.15, -0.1) is 23.1 Å². The van der Waals surface area contributed by atoms with Gasteiger partial charge in [-0.05, 0) is 37.4 Å². The predicted molar refractivity (Wildman–Crippen MR) is 102 cm³/mol. The molecule has 0 saturated heterocycles. The summed E-state index contributed by atoms with van der Waals surface area (Å²) in [5, 5.41) is 5.87. The van der Waals surface area contributed by atoms with E-state index < -0.39 is 7.60 Å². The van der Waals surface area contributed by atoms with Crippen molar-refractivity contribution in [3.05, 3.63) is 58.2 Å². The van der Waals surface area contributed by atoms with Gasteiger partial charge in [0.05, 0.1) is 29.5 Å². The molecule has 1 aromatic heterocycles. The molecule has 1 atom stereocenters. The van der Waals surface area contributed by atoms with Crippen LogP contribution in [0, 0.1) is 0 Å². The highest BCUT2D eigenvalue weighted by molar-refractivity contribution is 8.00. The van der Waals surface area contributed by atoms with E-state index in [1.54, 1.807) is 29.3 Å². The first kappa shape index (κ1) is 17.8. The number of fused-ring (bicyclic) bond motifs is 1. The minimum Gasteiger partial charge on any atom is -0.360 e. The SMILES string of the molecule is CCOP(=O)(OCC)C1=CNc2ccccc2SC1c1cccs1. The molecule has 24 heavy (non-hydrogen) atoms. The zero-order valence-corrected chi connectivity index (χ0v) is 16.1. The molecule has 0 fully saturated rings. The van der Waals surface area contributed by atoms with E-state index in [1.807, 2.05) is 43.5 Å². The fourth-order valence-electron chi connectivity index (χ4n) is 2.50. The minimum absolute atomic E-state index is 0.106. The molecule has 1 unspecified atom stereocenters. The van der Waals surface area contributed by atoms with E-state index in [1.165, 1.54) is 0 Å². The molecule has 128 valence electrons. The van der Waals surface area contributed by atoms with Gasteiger partial charge < -0.3 is 14.4 Å². The molecule has 0 saturated carbocycles. The maximum Gasteiger partial charge on any atom is 0.360 e. The smallest absolute Gasteiger partial charge is 0.360 e. The highest BCUT2D eigenvalue weighted by Gasteiger charge is 2.38. The van der Waals surface area contributed by atoms with Crippen molar-refractivity contribution in [2.45, 2.75) is 24.0 Å². The van der Waals surface area contributed by atoms with Crippen LogP contribution in [0.2, 0.25) is 0 Å². The Balaban J connectivity index is 2.07. The van der Waals surface area contributed by atoms with Crippen molar-refractivity contribution < 1.29 is 13.6 Å². The summed E-state index contributed by atoms with van der Waals surface area (Å²) in [6.45, 7) is 4.34. The normalized spacial score (nSPS) is 17.6. The van der Waals surface area contributed by atoms with Crippen molar-refractivity contribution >= 4 is 36.4 Å². The third-order valence-corrected chi connectivity index (χ3v) is 8.32. The molecule has 4 nitrogen and oxygen atoms in total. The molecule has 0 spiro atoms. The standard InChI is InChI=1S/C17H20NO3PS2/c1-3-20-22(19,21-4-2)14-12-18-13-8-5-6-9-15(13)24-17(14)16-10-7-11-23-16/h5-12,17-18H,3-4H2,1-2H3. The summed E-state index contributed by atoms with van der Waals surface area (Å²) < 4.78 is 24.6. The molecule has 1 aromatic carbocycles. The topological polar surface area (TPSA) is 47.6 Å². The quantitative estimate of drug-likeness (QED) is 0.611. The number of benzene rings is 1. The predicted octanol–water partition coefficient (Wildman–Crippen LogP) is 6.11. The maximum atomic E-state index is 13.4. The molecule has 1 aliphatic heterocycles. The van der Waals surface area contributed by atoms with E-state index in [0.29, 0.717) is 18.5 Å². The van der Waals surface area contributed by atoms with E-state index in [2.05, 4.69) is 17.4 Å². The molecule has 2 heterocycles. The molecule has 0 radical (unpaired) electrons. The fraction of sp³-hybridized carbons (Fsp3) is 0.294. The van der Waals surface area contributed by atoms with Crippen molar-refractivity contribution in [2.75, 3.05) is 18.5 Å². The van der Waals surface area contributed by atoms with Crippen molar-refractivity contribution in [2.24, 2.45) is 0 Å². The van der Waals surface area contributed by atoms with E-state index in [-0.39, 0.29) is 5.25 Å². The van der Waals surface area contributed by atoms with Crippen LogP contribution in [-0.2, 0) is 13.6 Å². The average Bonchev–Trinajstić information content (AvgIpc) is 3.02. The lowest BCUT2D eigenvalue weighted by molar-refractivity contribution is 0.225. The summed E-state index contributed by atoms with van der Waals surface area (Å²) in [5.74, 6) is 0. The van der Waals surface area contributed by atoms with Gasteiger partial charge in [0.2, 0.25) is 0 Å². The van der Waals surface area contributed by atoms with Crippen LogP contribution >= 0.6 is 30.7 Å². The van der Waals surface area contributed by atoms with Crippen LogP contribution in [0.25, 0.3) is 0 Å². The molecule has 2 aromatic rings. The van der Waals surface area contributed by atoms with Crippen LogP contribution in [0.4, 0.5) is 5.69 Å². The van der Waals surface area contributed by atoms with E-state index >= 15 is 0 Å². The Hall–Kier alpha value is -1.04. The summed E-state index contributed by atoms with van der Waals surface area (Å²) in [5.41, 5.74) is 0.999. The van der Waals surface area contributed by atoms with E-state index in [9.17, 15) is 4.57 Å². The monoisotopic (exact) mass is 381 g/mol. The minimum atomic E-state index is -3.36. The Morgan fingerprint density at radius 3 is 2.54 bits per heavy atom. The van der Waals surface area contributed by atoms with Gasteiger partial charge in [-0.2, -0.15) is 0 Å². The zero-order valence-electron chi connectivity index (χ0n) is 13.6. The Morgan fingerprint density at radius 1 is 1.12 bits per heavy atom. The van der Waals surface area contributed by atoms with E-state index in [4.69, 9.17) is 9.05 Å². The number of para-hydroxylation sites is 1. The third kappa shape index (κ3) is 3.63. The van der Waals surface area contributed by atoms with Gasteiger partial charge >= 0.3 is 7.60 Å². The van der Waals surface area contributed by atoms with Gasteiger partial charge in [0.1, 0.15) is 0 Å². The van der Waals surface area contributed by atoms with Crippen LogP contribution < -0.4 is 5.32 Å². The van der Waals surface area contributed by atoms with Crippen LogP contribution in [0.15, 0.2) is 58.2 Å². The number of nitrogens with one attached hydrogen (secondary N) is 1. The summed E-state index contributed by atoms with van der Waals surface area (Å²) >= 11 is 3.32. The molecule has 1 N–H and O–H groups in total. The summed E-state index contributed by atoms with van der Waals surface area (Å²) in [4.78, 5) is 2.24. The summed E-state index contributed by atoms with van der Waals surface area (Å²) in [6, 6.07) is 12.1. The molecule has 7 heteroatoms. The van der Waals surface area contributed by atoms with Crippen LogP contribution in [0.3, 0.4) is 0 Å². The number of rotatable bonds is 6. The number of anilines is 1. The Bertz CT molecular complexity index is 751. The molecule has 0 bridgehead atoms. The number of thioether (sulfide) groups is 1. The molecule has 0 aliphatic carbocycles. The second-order valence-corrected chi connectivity index (χ2v) is 9.21. The van der Waals surface area contributed by atoms with Gasteiger partial charge in [0.15, 0.2) is 0 Å². The highest BCUT2D eigenvalue weighted by atomic mass is 32.2. The highest BCUT2D eigenvalue weighted by Crippen LogP contribution is 2.65. The van der Waals surface area contributed by atoms with Crippen molar-refractivity contribution in [1.29, 1.82) is 0 Å². The largest absolute Gasteiger partial charge is 0.360 e. The fourth-order valence-corrected chi connectivity index (χ4v) is 6.91. The van der Waals surface area contributed by atoms with Crippen LogP contribution in [0.1, 0.15) is 24.0 Å². The lowest BCUT2D eigenvalue weighted by atomic mass is 10.3. The second-order valence-electron chi connectivity index (χ2n) is 5.06. The molecule has 1 aliphatic rings. The van der Waals surface area contributed by atoms with Gasteiger partial charge in [-0.25, -0.2) is 0 Å². The first-order chi connectivity index (χ1) is 11.7. The first-order valence-corrected chi connectivity index (χ1v) is 11.1. The maximum absolute atomic E-state index is 13.4. The molecule has 3 rings (SSSR count). The second kappa shape index (κ2) is 7.89. The molecule has 0 amide bonds. The van der Waals surface area contributed by atoms with Gasteiger partial charge in [-0.1, -0.05) is 18.2 Å². The number of thiophene rings is 1. The Labute approximate surface area is 150 Å². The van der Waals surface area contributed by atoms with Crippen molar-refractivity contribution in [3.8, 4) is 0 Å².